The molecule has 0 aromatic carbocycles. The maximum Gasteiger partial charge on any atom is 0.190 e. The van der Waals surface area contributed by atoms with Crippen LogP contribution in [0.25, 0.3) is 0 Å². The van der Waals surface area contributed by atoms with Gasteiger partial charge in [0.1, 0.15) is 0 Å². The highest BCUT2D eigenvalue weighted by Gasteiger charge is 2.61. The van der Waals surface area contributed by atoms with Gasteiger partial charge < -0.3 is 4.12 Å². The first-order valence-electron chi connectivity index (χ1n) is 9.68. The first kappa shape index (κ1) is 23.4. The summed E-state index contributed by atoms with van der Waals surface area (Å²) in [6, 6.07) is 0. The van der Waals surface area contributed by atoms with E-state index in [1.807, 2.05) is 0 Å². The van der Waals surface area contributed by atoms with Gasteiger partial charge >= 0.3 is 0 Å². The summed E-state index contributed by atoms with van der Waals surface area (Å²) in [4.78, 5) is 0. The monoisotopic (exact) mass is 358 g/mol. The van der Waals surface area contributed by atoms with Gasteiger partial charge in [0, 0.05) is 0 Å². The van der Waals surface area contributed by atoms with Crippen molar-refractivity contribution < 1.29 is 4.12 Å². The van der Waals surface area contributed by atoms with Gasteiger partial charge in [0.05, 0.1) is 0 Å². The van der Waals surface area contributed by atoms with E-state index < -0.39 is 16.6 Å². The van der Waals surface area contributed by atoms with E-state index >= 15 is 0 Å². The van der Waals surface area contributed by atoms with Crippen molar-refractivity contribution >= 4 is 16.6 Å². The summed E-state index contributed by atoms with van der Waals surface area (Å²) in [6.45, 7) is 33.9. The van der Waals surface area contributed by atoms with E-state index in [2.05, 4.69) is 96.9 Å². The van der Waals surface area contributed by atoms with Crippen LogP contribution < -0.4 is 0 Å². The molecule has 0 unspecified atom stereocenters. The third-order valence-corrected chi connectivity index (χ3v) is 20.4. The van der Waals surface area contributed by atoms with Crippen LogP contribution in [0.3, 0.4) is 0 Å². The number of rotatable bonds is 6. The van der Waals surface area contributed by atoms with Gasteiger partial charge in [-0.05, 0) is 32.2 Å². The molecule has 0 aliphatic rings. The molecular formula is C20H46OSi2. The first-order valence-corrected chi connectivity index (χ1v) is 13.8. The Bertz CT molecular complexity index is 318. The molecule has 0 heterocycles. The Labute approximate surface area is 150 Å². The van der Waals surface area contributed by atoms with Crippen LogP contribution in [0, 0.1) is 0 Å². The van der Waals surface area contributed by atoms with E-state index in [0.717, 1.165) is 0 Å². The zero-order valence-corrected chi connectivity index (χ0v) is 20.7. The van der Waals surface area contributed by atoms with Crippen LogP contribution in [0.5, 0.6) is 0 Å². The molecule has 0 N–H and O–H groups in total. The molecule has 0 amide bonds. The fourth-order valence-corrected chi connectivity index (χ4v) is 23.9. The van der Waals surface area contributed by atoms with Crippen molar-refractivity contribution in [1.82, 2.24) is 0 Å². The van der Waals surface area contributed by atoms with E-state index in [4.69, 9.17) is 4.12 Å². The van der Waals surface area contributed by atoms with Gasteiger partial charge in [-0.1, -0.05) is 96.9 Å². The van der Waals surface area contributed by atoms with Crippen LogP contribution in [0.2, 0.25) is 32.2 Å². The summed E-state index contributed by atoms with van der Waals surface area (Å²) < 4.78 is 7.68. The minimum absolute atomic E-state index is 0.253. The summed E-state index contributed by atoms with van der Waals surface area (Å²) in [5.74, 6) is 0. The molecule has 0 radical (unpaired) electrons. The van der Waals surface area contributed by atoms with E-state index in [1.54, 1.807) is 0 Å². The summed E-state index contributed by atoms with van der Waals surface area (Å²) in [5.41, 5.74) is 2.53. The second-order valence-electron chi connectivity index (χ2n) is 10.8. The quantitative estimate of drug-likeness (QED) is 0.435. The minimum atomic E-state index is -1.96. The Hall–Kier alpha value is 0.394. The standard InChI is InChI=1S/C20H46OSi2/c1-15(2)22(16(3)4,19(9,10)11)21-23(17(5)6,18(7)8)20(12,13)14/h15-18H,1-14H3. The molecular weight excluding hydrogens is 312 g/mol. The summed E-state index contributed by atoms with van der Waals surface area (Å²) >= 11 is 0. The largest absolute Gasteiger partial charge is 0.453 e. The average molecular weight is 359 g/mol. The topological polar surface area (TPSA) is 9.23 Å². The summed E-state index contributed by atoms with van der Waals surface area (Å²) in [7, 11) is -3.92. The van der Waals surface area contributed by atoms with Crippen LogP contribution in [0.15, 0.2) is 0 Å². The SMILES string of the molecule is CC(C)[Si](O[Si](C(C)C)(C(C)C)C(C)(C)C)(C(C)C)C(C)(C)C. The molecule has 140 valence electrons. The van der Waals surface area contributed by atoms with E-state index in [9.17, 15) is 0 Å². The van der Waals surface area contributed by atoms with Crippen molar-refractivity contribution in [3.63, 3.8) is 0 Å². The Morgan fingerprint density at radius 2 is 0.652 bits per heavy atom. The Kier molecular flexibility index (Phi) is 7.46. The van der Waals surface area contributed by atoms with Crippen LogP contribution in [0.1, 0.15) is 96.9 Å². The van der Waals surface area contributed by atoms with Gasteiger partial charge in [-0.3, -0.25) is 0 Å². The summed E-state index contributed by atoms with van der Waals surface area (Å²) in [5, 5.41) is 0.505. The second-order valence-corrected chi connectivity index (χ2v) is 22.4. The maximum absolute atomic E-state index is 7.68. The van der Waals surface area contributed by atoms with Gasteiger partial charge in [0.15, 0.2) is 16.6 Å². The molecule has 0 bridgehead atoms. The molecule has 0 spiro atoms. The van der Waals surface area contributed by atoms with Crippen molar-refractivity contribution in [3.8, 4) is 0 Å². The lowest BCUT2D eigenvalue weighted by atomic mass is 10.2. The summed E-state index contributed by atoms with van der Waals surface area (Å²) in [6.07, 6.45) is 0. The fraction of sp³-hybridized carbons (Fsp3) is 1.00. The molecule has 0 rings (SSSR count). The molecule has 0 saturated carbocycles. The average Bonchev–Trinajstić information content (AvgIpc) is 2.23. The predicted octanol–water partition coefficient (Wildman–Crippen LogP) is 8.13. The zero-order valence-electron chi connectivity index (χ0n) is 18.7. The van der Waals surface area contributed by atoms with Crippen LogP contribution in [-0.4, -0.2) is 16.6 Å². The predicted molar refractivity (Wildman–Crippen MR) is 112 cm³/mol. The molecule has 0 fully saturated rings. The fourth-order valence-electron chi connectivity index (χ4n) is 5.85. The van der Waals surface area contributed by atoms with Crippen molar-refractivity contribution in [2.24, 2.45) is 0 Å². The highest BCUT2D eigenvalue weighted by atomic mass is 28.4. The Morgan fingerprint density at radius 3 is 0.739 bits per heavy atom. The highest BCUT2D eigenvalue weighted by molar-refractivity contribution is 6.92. The third kappa shape index (κ3) is 3.98. The molecule has 0 aromatic rings. The molecule has 0 saturated heterocycles. The van der Waals surface area contributed by atoms with Crippen molar-refractivity contribution in [3.05, 3.63) is 0 Å². The third-order valence-electron chi connectivity index (χ3n) is 6.11. The smallest absolute Gasteiger partial charge is 0.190 e. The molecule has 23 heavy (non-hydrogen) atoms. The van der Waals surface area contributed by atoms with Gasteiger partial charge in [0.2, 0.25) is 0 Å². The Balaban J connectivity index is 6.53. The van der Waals surface area contributed by atoms with Gasteiger partial charge in [-0.2, -0.15) is 0 Å². The first-order chi connectivity index (χ1) is 9.98. The lowest BCUT2D eigenvalue weighted by Crippen LogP contribution is -2.65. The molecule has 1 nitrogen and oxygen atoms in total. The Morgan fingerprint density at radius 1 is 0.478 bits per heavy atom. The van der Waals surface area contributed by atoms with E-state index in [-0.39, 0.29) is 10.1 Å². The van der Waals surface area contributed by atoms with Crippen molar-refractivity contribution in [1.29, 1.82) is 0 Å². The van der Waals surface area contributed by atoms with Crippen LogP contribution in [0.4, 0.5) is 0 Å². The van der Waals surface area contributed by atoms with Crippen LogP contribution in [-0.2, 0) is 4.12 Å². The van der Waals surface area contributed by atoms with Crippen molar-refractivity contribution in [2.45, 2.75) is 129 Å². The lowest BCUT2D eigenvalue weighted by molar-refractivity contribution is 0.377. The lowest BCUT2D eigenvalue weighted by Gasteiger charge is -2.59. The second kappa shape index (κ2) is 7.33. The van der Waals surface area contributed by atoms with E-state index in [0.29, 0.717) is 22.2 Å². The number of hydrogen-bond donors (Lipinski definition) is 0. The molecule has 0 aromatic heterocycles. The molecule has 0 atom stereocenters. The molecule has 0 aliphatic carbocycles. The zero-order chi connectivity index (χ0) is 19.0. The van der Waals surface area contributed by atoms with E-state index in [1.165, 1.54) is 0 Å². The normalized spacial score (nSPS) is 15.4. The van der Waals surface area contributed by atoms with Crippen molar-refractivity contribution in [2.75, 3.05) is 0 Å². The van der Waals surface area contributed by atoms with Gasteiger partial charge in [-0.25, -0.2) is 0 Å². The highest BCUT2D eigenvalue weighted by Crippen LogP contribution is 2.59. The maximum atomic E-state index is 7.68. The van der Waals surface area contributed by atoms with Crippen LogP contribution >= 0.6 is 0 Å². The van der Waals surface area contributed by atoms with Gasteiger partial charge in [0.25, 0.3) is 0 Å². The minimum Gasteiger partial charge on any atom is -0.453 e. The molecule has 3 heteroatoms. The van der Waals surface area contributed by atoms with Gasteiger partial charge in [-0.15, -0.1) is 0 Å². The molecule has 0 aliphatic heterocycles. The number of hydrogen-bond acceptors (Lipinski definition) is 1.